The number of nitrogens with two attached hydrogens (primary N) is 1. The lowest BCUT2D eigenvalue weighted by Crippen LogP contribution is -2.51. The van der Waals surface area contributed by atoms with Gasteiger partial charge in [-0.2, -0.15) is 0 Å². The summed E-state index contributed by atoms with van der Waals surface area (Å²) in [4.78, 5) is 22.2. The van der Waals surface area contributed by atoms with Crippen LogP contribution in [0.4, 0.5) is 5.69 Å². The molecule has 116 valence electrons. The molecule has 7 heteroatoms. The largest absolute Gasteiger partial charge is 0.350 e. The number of carbonyl (C=O) groups excluding carboxylic acids is 1. The normalized spacial score (nSPS) is 16.6. The van der Waals surface area contributed by atoms with Crippen LogP contribution in [0.15, 0.2) is 24.3 Å². The van der Waals surface area contributed by atoms with E-state index in [4.69, 9.17) is 5.73 Å². The number of hydrogen-bond donors (Lipinski definition) is 2. The van der Waals surface area contributed by atoms with Gasteiger partial charge < -0.3 is 11.1 Å². The zero-order chi connectivity index (χ0) is 14.6. The molecule has 1 aliphatic rings. The van der Waals surface area contributed by atoms with Crippen molar-refractivity contribution >= 4 is 24.0 Å². The highest BCUT2D eigenvalue weighted by atomic mass is 35.5. The molecule has 0 aliphatic heterocycles. The Kier molecular flexibility index (Phi) is 6.11. The first kappa shape index (κ1) is 17.4. The van der Waals surface area contributed by atoms with Crippen molar-refractivity contribution in [2.45, 2.75) is 37.6 Å². The maximum atomic E-state index is 12.0. The van der Waals surface area contributed by atoms with Crippen molar-refractivity contribution in [3.63, 3.8) is 0 Å². The minimum absolute atomic E-state index is 0. The molecule has 1 aromatic rings. The van der Waals surface area contributed by atoms with Crippen LogP contribution in [0.3, 0.4) is 0 Å². The first-order chi connectivity index (χ1) is 9.50. The van der Waals surface area contributed by atoms with Crippen molar-refractivity contribution in [3.8, 4) is 0 Å². The van der Waals surface area contributed by atoms with Gasteiger partial charge in [0.05, 0.1) is 4.92 Å². The lowest BCUT2D eigenvalue weighted by atomic mass is 9.82. The number of nitrogens with one attached hydrogen (secondary N) is 1. The predicted octanol–water partition coefficient (Wildman–Crippen LogP) is 2.41. The predicted molar refractivity (Wildman–Crippen MR) is 82.7 cm³/mol. The van der Waals surface area contributed by atoms with Crippen LogP contribution in [0.1, 0.15) is 42.5 Å². The molecule has 0 unspecified atom stereocenters. The highest BCUT2D eigenvalue weighted by Crippen LogP contribution is 2.25. The van der Waals surface area contributed by atoms with Gasteiger partial charge in [-0.1, -0.05) is 25.3 Å². The number of benzene rings is 1. The van der Waals surface area contributed by atoms with Gasteiger partial charge in [-0.3, -0.25) is 14.9 Å². The van der Waals surface area contributed by atoms with Gasteiger partial charge in [-0.15, -0.1) is 12.4 Å². The summed E-state index contributed by atoms with van der Waals surface area (Å²) in [7, 11) is 0. The van der Waals surface area contributed by atoms with Gasteiger partial charge >= 0.3 is 0 Å². The summed E-state index contributed by atoms with van der Waals surface area (Å²) < 4.78 is 0. The number of nitro benzene ring substituents is 1. The lowest BCUT2D eigenvalue weighted by Gasteiger charge is -2.33. The third-order valence-electron chi connectivity index (χ3n) is 3.77. The van der Waals surface area contributed by atoms with Crippen LogP contribution in [0, 0.1) is 10.1 Å². The Hall–Kier alpha value is -1.66. The van der Waals surface area contributed by atoms with E-state index in [2.05, 4.69) is 5.32 Å². The number of amides is 1. The van der Waals surface area contributed by atoms with Crippen LogP contribution in [0.25, 0.3) is 0 Å². The van der Waals surface area contributed by atoms with Gasteiger partial charge in [0, 0.05) is 29.8 Å². The minimum atomic E-state index is -0.512. The standard InChI is InChI=1S/C14H19N3O3.ClH/c15-14(7-2-1-3-8-14)10-16-13(18)11-5-4-6-12(9-11)17(19)20;/h4-6,9H,1-3,7-8,10,15H2,(H,16,18);1H. The van der Waals surface area contributed by atoms with E-state index < -0.39 is 4.92 Å². The van der Waals surface area contributed by atoms with Gasteiger partial charge in [-0.25, -0.2) is 0 Å². The molecule has 0 saturated heterocycles. The number of non-ortho nitro benzene ring substituents is 1. The summed E-state index contributed by atoms with van der Waals surface area (Å²) >= 11 is 0. The van der Waals surface area contributed by atoms with Crippen LogP contribution in [-0.4, -0.2) is 22.9 Å². The third-order valence-corrected chi connectivity index (χ3v) is 3.77. The fraction of sp³-hybridized carbons (Fsp3) is 0.500. The van der Waals surface area contributed by atoms with E-state index in [-0.39, 0.29) is 29.5 Å². The van der Waals surface area contributed by atoms with Crippen LogP contribution in [0.2, 0.25) is 0 Å². The summed E-state index contributed by atoms with van der Waals surface area (Å²) in [5.74, 6) is -0.316. The first-order valence-corrected chi connectivity index (χ1v) is 6.82. The molecule has 1 aromatic carbocycles. The van der Waals surface area contributed by atoms with Crippen molar-refractivity contribution in [1.82, 2.24) is 5.32 Å². The van der Waals surface area contributed by atoms with E-state index in [9.17, 15) is 14.9 Å². The maximum Gasteiger partial charge on any atom is 0.270 e. The molecule has 0 heterocycles. The van der Waals surface area contributed by atoms with Crippen molar-refractivity contribution in [2.75, 3.05) is 6.54 Å². The molecule has 1 fully saturated rings. The molecule has 1 saturated carbocycles. The van der Waals surface area contributed by atoms with Crippen molar-refractivity contribution in [2.24, 2.45) is 5.73 Å². The van der Waals surface area contributed by atoms with Crippen LogP contribution >= 0.6 is 12.4 Å². The Morgan fingerprint density at radius 2 is 2.00 bits per heavy atom. The molecule has 1 aliphatic carbocycles. The number of hydrogen-bond acceptors (Lipinski definition) is 4. The molecule has 0 bridgehead atoms. The second kappa shape index (κ2) is 7.38. The molecular formula is C14H20ClN3O3. The summed E-state index contributed by atoms with van der Waals surface area (Å²) in [5.41, 5.74) is 6.11. The highest BCUT2D eigenvalue weighted by Gasteiger charge is 2.27. The molecule has 0 atom stereocenters. The third kappa shape index (κ3) is 4.68. The van der Waals surface area contributed by atoms with Gasteiger partial charge in [0.15, 0.2) is 0 Å². The number of halogens is 1. The number of nitro groups is 1. The van der Waals surface area contributed by atoms with Gasteiger partial charge in [0.25, 0.3) is 11.6 Å². The van der Waals surface area contributed by atoms with E-state index in [1.54, 1.807) is 6.07 Å². The summed E-state index contributed by atoms with van der Waals surface area (Å²) in [6, 6.07) is 5.71. The van der Waals surface area contributed by atoms with Crippen molar-refractivity contribution < 1.29 is 9.72 Å². The average Bonchev–Trinajstić information content (AvgIpc) is 2.46. The monoisotopic (exact) mass is 313 g/mol. The SMILES string of the molecule is Cl.NC1(CNC(=O)c2cccc([N+](=O)[O-])c2)CCCCC1. The zero-order valence-corrected chi connectivity index (χ0v) is 12.5. The molecule has 6 nitrogen and oxygen atoms in total. The maximum absolute atomic E-state index is 12.0. The van der Waals surface area contributed by atoms with E-state index in [0.717, 1.165) is 25.7 Å². The van der Waals surface area contributed by atoms with E-state index >= 15 is 0 Å². The Morgan fingerprint density at radius 1 is 1.33 bits per heavy atom. The van der Waals surface area contributed by atoms with E-state index in [1.165, 1.54) is 24.6 Å². The molecule has 21 heavy (non-hydrogen) atoms. The van der Waals surface area contributed by atoms with Crippen molar-refractivity contribution in [1.29, 1.82) is 0 Å². The summed E-state index contributed by atoms with van der Waals surface area (Å²) in [6.07, 6.45) is 5.18. The smallest absolute Gasteiger partial charge is 0.270 e. The second-order valence-corrected chi connectivity index (χ2v) is 5.41. The summed E-state index contributed by atoms with van der Waals surface area (Å²) in [5, 5.41) is 13.5. The number of rotatable bonds is 4. The Labute approximate surface area is 129 Å². The molecule has 1 amide bonds. The van der Waals surface area contributed by atoms with Crippen LogP contribution in [-0.2, 0) is 0 Å². The minimum Gasteiger partial charge on any atom is -0.350 e. The fourth-order valence-electron chi connectivity index (χ4n) is 2.55. The van der Waals surface area contributed by atoms with E-state index in [0.29, 0.717) is 12.1 Å². The van der Waals surface area contributed by atoms with E-state index in [1.807, 2.05) is 0 Å². The quantitative estimate of drug-likeness (QED) is 0.658. The molecule has 0 aromatic heterocycles. The van der Waals surface area contributed by atoms with Gasteiger partial charge in [-0.05, 0) is 18.9 Å². The zero-order valence-electron chi connectivity index (χ0n) is 11.7. The lowest BCUT2D eigenvalue weighted by molar-refractivity contribution is -0.384. The molecular weight excluding hydrogens is 294 g/mol. The second-order valence-electron chi connectivity index (χ2n) is 5.41. The molecule has 3 N–H and O–H groups in total. The molecule has 2 rings (SSSR count). The van der Waals surface area contributed by atoms with Crippen LogP contribution < -0.4 is 11.1 Å². The number of carbonyl (C=O) groups is 1. The average molecular weight is 314 g/mol. The van der Waals surface area contributed by atoms with Crippen LogP contribution in [0.5, 0.6) is 0 Å². The molecule has 0 spiro atoms. The van der Waals surface area contributed by atoms with Gasteiger partial charge in [0.2, 0.25) is 0 Å². The Bertz CT molecular complexity index is 516. The number of nitrogens with zero attached hydrogens (tertiary/aromatic N) is 1. The first-order valence-electron chi connectivity index (χ1n) is 6.82. The van der Waals surface area contributed by atoms with Crippen molar-refractivity contribution in [3.05, 3.63) is 39.9 Å². The highest BCUT2D eigenvalue weighted by molar-refractivity contribution is 5.94. The topological polar surface area (TPSA) is 98.3 Å². The summed E-state index contributed by atoms with van der Waals surface area (Å²) in [6.45, 7) is 0.411. The Balaban J connectivity index is 0.00000220. The molecule has 0 radical (unpaired) electrons. The fourth-order valence-corrected chi connectivity index (χ4v) is 2.55. The van der Waals surface area contributed by atoms with Gasteiger partial charge in [0.1, 0.15) is 0 Å². The Morgan fingerprint density at radius 3 is 2.62 bits per heavy atom.